The Morgan fingerprint density at radius 1 is 1.56 bits per heavy atom. The summed E-state index contributed by atoms with van der Waals surface area (Å²) >= 11 is 0. The second-order valence-corrected chi connectivity index (χ2v) is 3.98. The Labute approximate surface area is 94.5 Å². The quantitative estimate of drug-likeness (QED) is 0.857. The highest BCUT2D eigenvalue weighted by atomic mass is 16.4. The summed E-state index contributed by atoms with van der Waals surface area (Å²) in [5.74, 6) is 1.64. The van der Waals surface area contributed by atoms with Crippen molar-refractivity contribution in [2.45, 2.75) is 25.9 Å². The standard InChI is InChI=1S/C12H16N2O2/c1-9-5-8-16-12(9)10(15)3-4-11-13-6-7-14(11)2/h5-8,10,15H,3-4H2,1-2H3. The zero-order valence-electron chi connectivity index (χ0n) is 9.55. The maximum atomic E-state index is 9.95. The Morgan fingerprint density at radius 3 is 2.94 bits per heavy atom. The van der Waals surface area contributed by atoms with E-state index in [2.05, 4.69) is 4.98 Å². The highest BCUT2D eigenvalue weighted by Gasteiger charge is 2.14. The van der Waals surface area contributed by atoms with E-state index in [1.807, 2.05) is 30.8 Å². The van der Waals surface area contributed by atoms with E-state index in [0.29, 0.717) is 12.2 Å². The lowest BCUT2D eigenvalue weighted by Crippen LogP contribution is -2.03. The van der Waals surface area contributed by atoms with Crippen molar-refractivity contribution < 1.29 is 9.52 Å². The number of aryl methyl sites for hydroxylation is 3. The number of rotatable bonds is 4. The topological polar surface area (TPSA) is 51.2 Å². The van der Waals surface area contributed by atoms with Gasteiger partial charge in [-0.2, -0.15) is 0 Å². The number of nitrogens with zero attached hydrogens (tertiary/aromatic N) is 2. The molecule has 0 saturated heterocycles. The van der Waals surface area contributed by atoms with Gasteiger partial charge in [-0.25, -0.2) is 4.98 Å². The summed E-state index contributed by atoms with van der Waals surface area (Å²) in [4.78, 5) is 4.21. The first-order valence-electron chi connectivity index (χ1n) is 5.36. The number of aromatic nitrogens is 2. The van der Waals surface area contributed by atoms with Gasteiger partial charge in [0.05, 0.1) is 6.26 Å². The van der Waals surface area contributed by atoms with Crippen molar-refractivity contribution in [2.24, 2.45) is 7.05 Å². The Hall–Kier alpha value is -1.55. The first-order chi connectivity index (χ1) is 7.68. The van der Waals surface area contributed by atoms with E-state index in [1.165, 1.54) is 0 Å². The molecule has 0 radical (unpaired) electrons. The van der Waals surface area contributed by atoms with Gasteiger partial charge in [-0.05, 0) is 25.0 Å². The van der Waals surface area contributed by atoms with Crippen LogP contribution < -0.4 is 0 Å². The molecule has 2 aromatic rings. The fourth-order valence-corrected chi connectivity index (χ4v) is 1.76. The van der Waals surface area contributed by atoms with Gasteiger partial charge < -0.3 is 14.1 Å². The molecular weight excluding hydrogens is 204 g/mol. The van der Waals surface area contributed by atoms with Gasteiger partial charge in [0.15, 0.2) is 0 Å². The van der Waals surface area contributed by atoms with Crippen LogP contribution in [0.1, 0.15) is 29.7 Å². The largest absolute Gasteiger partial charge is 0.466 e. The molecule has 0 aliphatic carbocycles. The predicted molar refractivity (Wildman–Crippen MR) is 59.9 cm³/mol. The highest BCUT2D eigenvalue weighted by molar-refractivity contribution is 5.16. The predicted octanol–water partition coefficient (Wildman–Crippen LogP) is 1.99. The lowest BCUT2D eigenvalue weighted by Gasteiger charge is -2.08. The van der Waals surface area contributed by atoms with Gasteiger partial charge in [0.1, 0.15) is 17.7 Å². The van der Waals surface area contributed by atoms with Crippen molar-refractivity contribution in [3.8, 4) is 0 Å². The second kappa shape index (κ2) is 4.53. The summed E-state index contributed by atoms with van der Waals surface area (Å²) in [6, 6.07) is 1.86. The van der Waals surface area contributed by atoms with E-state index in [1.54, 1.807) is 12.5 Å². The Bertz CT molecular complexity index is 459. The van der Waals surface area contributed by atoms with Crippen LogP contribution in [0.25, 0.3) is 0 Å². The Morgan fingerprint density at radius 2 is 2.38 bits per heavy atom. The van der Waals surface area contributed by atoms with E-state index in [0.717, 1.165) is 17.8 Å². The van der Waals surface area contributed by atoms with Crippen LogP contribution in [0.3, 0.4) is 0 Å². The minimum Gasteiger partial charge on any atom is -0.466 e. The summed E-state index contributed by atoms with van der Waals surface area (Å²) in [5.41, 5.74) is 0.993. The molecule has 0 aromatic carbocycles. The molecule has 16 heavy (non-hydrogen) atoms. The lowest BCUT2D eigenvalue weighted by molar-refractivity contribution is 0.139. The molecule has 0 aliphatic rings. The maximum absolute atomic E-state index is 9.95. The van der Waals surface area contributed by atoms with Gasteiger partial charge in [0.2, 0.25) is 0 Å². The maximum Gasteiger partial charge on any atom is 0.135 e. The Kier molecular flexibility index (Phi) is 3.10. The minimum absolute atomic E-state index is 0.549. The molecule has 2 heterocycles. The average Bonchev–Trinajstić information content (AvgIpc) is 2.84. The van der Waals surface area contributed by atoms with Crippen LogP contribution in [0, 0.1) is 6.92 Å². The molecular formula is C12H16N2O2. The fraction of sp³-hybridized carbons (Fsp3) is 0.417. The first-order valence-corrected chi connectivity index (χ1v) is 5.36. The number of imidazole rings is 1. The number of hydrogen-bond donors (Lipinski definition) is 1. The minimum atomic E-state index is -0.549. The molecule has 1 N–H and O–H groups in total. The molecule has 0 amide bonds. The van der Waals surface area contributed by atoms with Crippen LogP contribution in [-0.4, -0.2) is 14.7 Å². The molecule has 86 valence electrons. The third kappa shape index (κ3) is 2.17. The number of furan rings is 1. The van der Waals surface area contributed by atoms with E-state index in [4.69, 9.17) is 4.42 Å². The summed E-state index contributed by atoms with van der Waals surface area (Å²) in [5, 5.41) is 9.95. The molecule has 0 fully saturated rings. The van der Waals surface area contributed by atoms with Gasteiger partial charge in [0, 0.05) is 25.9 Å². The second-order valence-electron chi connectivity index (χ2n) is 3.98. The van der Waals surface area contributed by atoms with Crippen LogP contribution in [0.15, 0.2) is 29.1 Å². The molecule has 1 unspecified atom stereocenters. The van der Waals surface area contributed by atoms with E-state index >= 15 is 0 Å². The van der Waals surface area contributed by atoms with Crippen molar-refractivity contribution in [1.29, 1.82) is 0 Å². The van der Waals surface area contributed by atoms with Crippen molar-refractivity contribution in [3.05, 3.63) is 41.9 Å². The highest BCUT2D eigenvalue weighted by Crippen LogP contribution is 2.22. The van der Waals surface area contributed by atoms with Gasteiger partial charge >= 0.3 is 0 Å². The summed E-state index contributed by atoms with van der Waals surface area (Å²) in [7, 11) is 1.95. The summed E-state index contributed by atoms with van der Waals surface area (Å²) in [6.07, 6.45) is 6.09. The fourth-order valence-electron chi connectivity index (χ4n) is 1.76. The first kappa shape index (κ1) is 11.0. The molecule has 4 nitrogen and oxygen atoms in total. The molecule has 2 rings (SSSR count). The average molecular weight is 220 g/mol. The summed E-state index contributed by atoms with van der Waals surface area (Å²) < 4.78 is 7.21. The smallest absolute Gasteiger partial charge is 0.135 e. The third-order valence-corrected chi connectivity index (χ3v) is 2.77. The molecule has 4 heteroatoms. The van der Waals surface area contributed by atoms with E-state index in [9.17, 15) is 5.11 Å². The monoisotopic (exact) mass is 220 g/mol. The lowest BCUT2D eigenvalue weighted by atomic mass is 10.1. The number of aliphatic hydroxyl groups excluding tert-OH is 1. The van der Waals surface area contributed by atoms with Crippen molar-refractivity contribution in [1.82, 2.24) is 9.55 Å². The zero-order chi connectivity index (χ0) is 11.5. The number of hydrogen-bond acceptors (Lipinski definition) is 3. The molecule has 0 saturated carbocycles. The molecule has 2 aromatic heterocycles. The van der Waals surface area contributed by atoms with Crippen LogP contribution in [0.2, 0.25) is 0 Å². The van der Waals surface area contributed by atoms with Gasteiger partial charge in [0.25, 0.3) is 0 Å². The molecule has 0 spiro atoms. The SMILES string of the molecule is Cc1ccoc1C(O)CCc1nccn1C. The Balaban J connectivity index is 1.97. The third-order valence-electron chi connectivity index (χ3n) is 2.77. The number of aliphatic hydroxyl groups is 1. The van der Waals surface area contributed by atoms with Crippen molar-refractivity contribution in [2.75, 3.05) is 0 Å². The molecule has 0 aliphatic heterocycles. The van der Waals surface area contributed by atoms with Crippen LogP contribution in [0.5, 0.6) is 0 Å². The van der Waals surface area contributed by atoms with Crippen molar-refractivity contribution >= 4 is 0 Å². The zero-order valence-corrected chi connectivity index (χ0v) is 9.55. The molecule has 0 bridgehead atoms. The van der Waals surface area contributed by atoms with Crippen molar-refractivity contribution in [3.63, 3.8) is 0 Å². The van der Waals surface area contributed by atoms with E-state index in [-0.39, 0.29) is 0 Å². The van der Waals surface area contributed by atoms with E-state index < -0.39 is 6.10 Å². The van der Waals surface area contributed by atoms with Crippen LogP contribution in [-0.2, 0) is 13.5 Å². The molecule has 1 atom stereocenters. The van der Waals surface area contributed by atoms with Crippen LogP contribution in [0.4, 0.5) is 0 Å². The van der Waals surface area contributed by atoms with Gasteiger partial charge in [-0.1, -0.05) is 0 Å². The van der Waals surface area contributed by atoms with Crippen LogP contribution >= 0.6 is 0 Å². The normalized spacial score (nSPS) is 12.9. The van der Waals surface area contributed by atoms with Gasteiger partial charge in [-0.3, -0.25) is 0 Å². The van der Waals surface area contributed by atoms with Gasteiger partial charge in [-0.15, -0.1) is 0 Å². The summed E-state index contributed by atoms with van der Waals surface area (Å²) in [6.45, 7) is 1.93.